The molecule has 0 N–H and O–H groups in total. The second kappa shape index (κ2) is 11.7. The van der Waals surface area contributed by atoms with Crippen molar-refractivity contribution in [3.63, 3.8) is 0 Å². The van der Waals surface area contributed by atoms with Crippen LogP contribution in [-0.4, -0.2) is 0 Å². The lowest BCUT2D eigenvalue weighted by Gasteiger charge is -2.27. The summed E-state index contributed by atoms with van der Waals surface area (Å²) in [7, 11) is 0. The Balaban J connectivity index is 1.17. The van der Waals surface area contributed by atoms with Crippen molar-refractivity contribution in [3.05, 3.63) is 176 Å². The maximum Gasteiger partial charge on any atom is 0.136 e. The van der Waals surface area contributed by atoms with Crippen molar-refractivity contribution in [2.45, 2.75) is 0 Å². The fourth-order valence-corrected chi connectivity index (χ4v) is 10.1. The summed E-state index contributed by atoms with van der Waals surface area (Å²) < 4.78 is 11.6. The first-order valence-corrected chi connectivity index (χ1v) is 19.1. The Hall–Kier alpha value is -6.20. The van der Waals surface area contributed by atoms with Crippen molar-refractivity contribution in [1.82, 2.24) is 0 Å². The summed E-state index contributed by atoms with van der Waals surface area (Å²) >= 11 is 3.71. The first-order valence-electron chi connectivity index (χ1n) is 17.5. The molecular formula is C48H29NOS2. The van der Waals surface area contributed by atoms with E-state index in [-0.39, 0.29) is 0 Å². The molecule has 0 saturated carbocycles. The van der Waals surface area contributed by atoms with E-state index < -0.39 is 0 Å². The van der Waals surface area contributed by atoms with Crippen molar-refractivity contribution >= 4 is 102 Å². The summed E-state index contributed by atoms with van der Waals surface area (Å²) in [6.07, 6.45) is 0. The zero-order valence-corrected chi connectivity index (χ0v) is 29.5. The monoisotopic (exact) mass is 699 g/mol. The number of furan rings is 1. The second-order valence-corrected chi connectivity index (χ2v) is 15.5. The number of hydrogen-bond acceptors (Lipinski definition) is 4. The Bertz CT molecular complexity index is 3130. The lowest BCUT2D eigenvalue weighted by atomic mass is 9.97. The highest BCUT2D eigenvalue weighted by Gasteiger charge is 2.20. The number of hydrogen-bond donors (Lipinski definition) is 0. The van der Waals surface area contributed by atoms with Gasteiger partial charge >= 0.3 is 0 Å². The average molecular weight is 700 g/mol. The van der Waals surface area contributed by atoms with E-state index in [0.29, 0.717) is 0 Å². The van der Waals surface area contributed by atoms with Crippen LogP contribution in [0.1, 0.15) is 0 Å². The third-order valence-corrected chi connectivity index (χ3v) is 12.5. The molecule has 0 radical (unpaired) electrons. The molecule has 3 aromatic heterocycles. The summed E-state index contributed by atoms with van der Waals surface area (Å²) in [6.45, 7) is 0. The predicted octanol–water partition coefficient (Wildman–Crippen LogP) is 15.1. The van der Waals surface area contributed by atoms with Crippen LogP contribution in [-0.2, 0) is 0 Å². The molecule has 11 rings (SSSR count). The number of anilines is 3. The van der Waals surface area contributed by atoms with Gasteiger partial charge in [-0.15, -0.1) is 22.7 Å². The highest BCUT2D eigenvalue weighted by molar-refractivity contribution is 7.26. The van der Waals surface area contributed by atoms with Crippen molar-refractivity contribution < 1.29 is 4.42 Å². The SMILES string of the molecule is c1ccc(-c2ccc(N(c3cc(-c4ccc5c(c4)oc4ccccc45)c4c(c3)sc3ccccc34)c3ccc4sc5ccccc5c4c3)cc2)cc1. The van der Waals surface area contributed by atoms with E-state index in [1.54, 1.807) is 0 Å². The van der Waals surface area contributed by atoms with Crippen LogP contribution in [0.5, 0.6) is 0 Å². The molecule has 2 nitrogen and oxygen atoms in total. The molecule has 52 heavy (non-hydrogen) atoms. The molecule has 0 atom stereocenters. The van der Waals surface area contributed by atoms with Crippen LogP contribution in [0, 0.1) is 0 Å². The van der Waals surface area contributed by atoms with E-state index in [1.807, 2.05) is 28.7 Å². The Morgan fingerprint density at radius 3 is 1.81 bits per heavy atom. The smallest absolute Gasteiger partial charge is 0.136 e. The predicted molar refractivity (Wildman–Crippen MR) is 225 cm³/mol. The van der Waals surface area contributed by atoms with Gasteiger partial charge in [-0.2, -0.15) is 0 Å². The third kappa shape index (κ3) is 4.69. The summed E-state index contributed by atoms with van der Waals surface area (Å²) in [4.78, 5) is 2.42. The minimum Gasteiger partial charge on any atom is -0.456 e. The minimum atomic E-state index is 0.903. The van der Waals surface area contributed by atoms with Crippen LogP contribution < -0.4 is 4.90 Å². The van der Waals surface area contributed by atoms with Gasteiger partial charge in [0.05, 0.1) is 0 Å². The maximum absolute atomic E-state index is 6.42. The summed E-state index contributed by atoms with van der Waals surface area (Å²) in [5, 5.41) is 7.41. The normalized spacial score (nSPS) is 11.8. The van der Waals surface area contributed by atoms with E-state index in [0.717, 1.165) is 44.6 Å². The molecule has 3 heterocycles. The quantitative estimate of drug-likeness (QED) is 0.178. The van der Waals surface area contributed by atoms with E-state index >= 15 is 0 Å². The van der Waals surface area contributed by atoms with Gasteiger partial charge in [0.1, 0.15) is 11.2 Å². The Kier molecular flexibility index (Phi) is 6.63. The molecule has 0 saturated heterocycles. The summed E-state index contributed by atoms with van der Waals surface area (Å²) in [5.41, 5.74) is 9.91. The van der Waals surface area contributed by atoms with E-state index in [1.165, 1.54) is 57.0 Å². The topological polar surface area (TPSA) is 16.4 Å². The minimum absolute atomic E-state index is 0.903. The Morgan fingerprint density at radius 1 is 0.346 bits per heavy atom. The number of rotatable bonds is 5. The summed E-state index contributed by atoms with van der Waals surface area (Å²) in [6, 6.07) is 63.8. The number of nitrogens with zero attached hydrogens (tertiary/aromatic N) is 1. The molecule has 0 spiro atoms. The second-order valence-electron chi connectivity index (χ2n) is 13.3. The van der Waals surface area contributed by atoms with Crippen molar-refractivity contribution in [2.75, 3.05) is 4.90 Å². The van der Waals surface area contributed by atoms with Gasteiger partial charge < -0.3 is 9.32 Å². The lowest BCUT2D eigenvalue weighted by molar-refractivity contribution is 0.669. The first-order chi connectivity index (χ1) is 25.7. The first kappa shape index (κ1) is 29.5. The molecule has 0 aliphatic heterocycles. The fraction of sp³-hybridized carbons (Fsp3) is 0. The van der Waals surface area contributed by atoms with Crippen LogP contribution in [0.15, 0.2) is 180 Å². The molecule has 8 aromatic carbocycles. The number of fused-ring (bicyclic) bond motifs is 9. The zero-order valence-electron chi connectivity index (χ0n) is 27.9. The van der Waals surface area contributed by atoms with Crippen LogP contribution in [0.25, 0.3) is 84.5 Å². The molecule has 0 amide bonds. The molecule has 0 unspecified atom stereocenters. The van der Waals surface area contributed by atoms with E-state index in [4.69, 9.17) is 4.42 Å². The number of thiophene rings is 2. The Labute approximate surface area is 308 Å². The third-order valence-electron chi connectivity index (χ3n) is 10.3. The van der Waals surface area contributed by atoms with Crippen LogP contribution in [0.2, 0.25) is 0 Å². The van der Waals surface area contributed by atoms with Gasteiger partial charge in [-0.25, -0.2) is 0 Å². The zero-order chi connectivity index (χ0) is 34.2. The molecule has 0 bridgehead atoms. The van der Waals surface area contributed by atoms with Crippen LogP contribution in [0.3, 0.4) is 0 Å². The Morgan fingerprint density at radius 2 is 0.962 bits per heavy atom. The molecule has 11 aromatic rings. The molecule has 0 aliphatic rings. The van der Waals surface area contributed by atoms with Crippen molar-refractivity contribution in [3.8, 4) is 22.3 Å². The summed E-state index contributed by atoms with van der Waals surface area (Å²) in [5.74, 6) is 0. The van der Waals surface area contributed by atoms with Gasteiger partial charge in [-0.1, -0.05) is 103 Å². The van der Waals surface area contributed by atoms with Gasteiger partial charge in [0, 0.05) is 68.2 Å². The molecule has 0 aliphatic carbocycles. The van der Waals surface area contributed by atoms with Crippen molar-refractivity contribution in [2.24, 2.45) is 0 Å². The van der Waals surface area contributed by atoms with Crippen molar-refractivity contribution in [1.29, 1.82) is 0 Å². The fourth-order valence-electron chi connectivity index (χ4n) is 7.82. The standard InChI is InChI=1S/C48H29NOS2/c1-2-10-30(11-3-1)31-18-21-33(22-19-31)49(34-23-25-46-41(27-34)38-13-5-8-16-44(38)51-46)35-28-40(48-39-14-6-9-17-45(39)52-47(48)29-35)32-20-24-37-36-12-4-7-15-42(36)50-43(37)26-32/h1-29H. The molecular weight excluding hydrogens is 671 g/mol. The maximum atomic E-state index is 6.42. The number of para-hydroxylation sites is 1. The van der Waals surface area contributed by atoms with Gasteiger partial charge in [-0.05, 0) is 95.1 Å². The van der Waals surface area contributed by atoms with Gasteiger partial charge in [0.15, 0.2) is 0 Å². The average Bonchev–Trinajstić information content (AvgIpc) is 3.89. The number of benzene rings is 8. The van der Waals surface area contributed by atoms with Gasteiger partial charge in [0.25, 0.3) is 0 Å². The largest absolute Gasteiger partial charge is 0.456 e. The molecule has 0 fully saturated rings. The molecule has 4 heteroatoms. The highest BCUT2D eigenvalue weighted by atomic mass is 32.1. The van der Waals surface area contributed by atoms with E-state index in [2.05, 4.69) is 175 Å². The van der Waals surface area contributed by atoms with E-state index in [9.17, 15) is 0 Å². The van der Waals surface area contributed by atoms with Crippen LogP contribution >= 0.6 is 22.7 Å². The lowest BCUT2D eigenvalue weighted by Crippen LogP contribution is -2.10. The molecule has 244 valence electrons. The van der Waals surface area contributed by atoms with Gasteiger partial charge in [-0.3, -0.25) is 0 Å². The highest BCUT2D eigenvalue weighted by Crippen LogP contribution is 2.47. The van der Waals surface area contributed by atoms with Crippen LogP contribution in [0.4, 0.5) is 17.1 Å². The van der Waals surface area contributed by atoms with Gasteiger partial charge in [0.2, 0.25) is 0 Å².